The Morgan fingerprint density at radius 1 is 1.55 bits per heavy atom. The molecule has 1 heterocycles. The second-order valence-corrected chi connectivity index (χ2v) is 5.13. The van der Waals surface area contributed by atoms with Gasteiger partial charge >= 0.3 is 0 Å². The number of rotatable bonds is 4. The third-order valence-corrected chi connectivity index (χ3v) is 3.73. The van der Waals surface area contributed by atoms with Crippen molar-refractivity contribution in [2.75, 3.05) is 25.1 Å². The van der Waals surface area contributed by atoms with Crippen LogP contribution in [0.4, 0.5) is 11.4 Å². The van der Waals surface area contributed by atoms with Crippen molar-refractivity contribution < 1.29 is 14.8 Å². The van der Waals surface area contributed by atoms with Gasteiger partial charge in [-0.15, -0.1) is 0 Å². The van der Waals surface area contributed by atoms with Crippen LogP contribution in [-0.2, 0) is 4.74 Å². The molecule has 2 rings (SSSR count). The summed E-state index contributed by atoms with van der Waals surface area (Å²) >= 11 is 0. The molecule has 0 bridgehead atoms. The minimum absolute atomic E-state index is 0.0418. The van der Waals surface area contributed by atoms with Gasteiger partial charge in [-0.25, -0.2) is 0 Å². The zero-order chi connectivity index (χ0) is 14.7. The van der Waals surface area contributed by atoms with Crippen LogP contribution in [0.3, 0.4) is 0 Å². The molecule has 20 heavy (non-hydrogen) atoms. The van der Waals surface area contributed by atoms with E-state index in [9.17, 15) is 15.2 Å². The topological polar surface area (TPSA) is 75.8 Å². The Morgan fingerprint density at radius 3 is 2.90 bits per heavy atom. The van der Waals surface area contributed by atoms with E-state index in [0.29, 0.717) is 17.8 Å². The summed E-state index contributed by atoms with van der Waals surface area (Å²) in [4.78, 5) is 12.9. The quantitative estimate of drug-likeness (QED) is 0.676. The van der Waals surface area contributed by atoms with Crippen LogP contribution in [-0.4, -0.2) is 36.3 Å². The molecule has 110 valence electrons. The molecule has 6 nitrogen and oxygen atoms in total. The Bertz CT molecular complexity index is 490. The summed E-state index contributed by atoms with van der Waals surface area (Å²) in [6.07, 6.45) is 1.33. The molecule has 1 N–H and O–H groups in total. The van der Waals surface area contributed by atoms with E-state index in [2.05, 4.69) is 0 Å². The van der Waals surface area contributed by atoms with Crippen LogP contribution in [0.25, 0.3) is 0 Å². The van der Waals surface area contributed by atoms with Crippen molar-refractivity contribution in [3.8, 4) is 0 Å². The summed E-state index contributed by atoms with van der Waals surface area (Å²) in [5.41, 5.74) is 1.20. The number of nitro benzene ring substituents is 1. The van der Waals surface area contributed by atoms with Gasteiger partial charge in [-0.1, -0.05) is 6.07 Å². The maximum Gasteiger partial charge on any atom is 0.292 e. The van der Waals surface area contributed by atoms with Crippen molar-refractivity contribution in [1.29, 1.82) is 0 Å². The molecule has 1 saturated heterocycles. The standard InChI is InChI=1S/C14H20N2O4/c1-10(17)11-5-6-13(14(8-11)16(18)19)15-7-3-4-12(9-15)20-2/h5-6,8,10,12,17H,3-4,7,9H2,1-2H3/t10-,12?/m0/s1. The van der Waals surface area contributed by atoms with Gasteiger partial charge in [0.05, 0.1) is 17.1 Å². The van der Waals surface area contributed by atoms with Crippen LogP contribution >= 0.6 is 0 Å². The molecule has 1 aromatic carbocycles. The number of ether oxygens (including phenoxy) is 1. The Kier molecular flexibility index (Phi) is 4.57. The second-order valence-electron chi connectivity index (χ2n) is 5.13. The molecule has 0 aliphatic carbocycles. The van der Waals surface area contributed by atoms with Gasteiger partial charge in [-0.2, -0.15) is 0 Å². The van der Waals surface area contributed by atoms with Crippen LogP contribution < -0.4 is 4.90 Å². The van der Waals surface area contributed by atoms with Gasteiger partial charge in [0.25, 0.3) is 5.69 Å². The molecular weight excluding hydrogens is 260 g/mol. The van der Waals surface area contributed by atoms with E-state index >= 15 is 0 Å². The van der Waals surface area contributed by atoms with Crippen molar-refractivity contribution in [3.63, 3.8) is 0 Å². The highest BCUT2D eigenvalue weighted by Crippen LogP contribution is 2.33. The van der Waals surface area contributed by atoms with E-state index < -0.39 is 11.0 Å². The first-order valence-corrected chi connectivity index (χ1v) is 6.77. The summed E-state index contributed by atoms with van der Waals surface area (Å²) in [5, 5.41) is 20.8. The predicted molar refractivity (Wildman–Crippen MR) is 76.0 cm³/mol. The van der Waals surface area contributed by atoms with Crippen molar-refractivity contribution in [1.82, 2.24) is 0 Å². The highest BCUT2D eigenvalue weighted by atomic mass is 16.6. The minimum atomic E-state index is -0.712. The fourth-order valence-corrected chi connectivity index (χ4v) is 2.56. The molecule has 1 fully saturated rings. The highest BCUT2D eigenvalue weighted by molar-refractivity contribution is 5.64. The van der Waals surface area contributed by atoms with Gasteiger partial charge in [-0.3, -0.25) is 10.1 Å². The molecule has 1 unspecified atom stereocenters. The average molecular weight is 280 g/mol. The zero-order valence-electron chi connectivity index (χ0n) is 11.8. The molecule has 1 aliphatic rings. The first-order chi connectivity index (χ1) is 9.52. The lowest BCUT2D eigenvalue weighted by Crippen LogP contribution is -2.39. The van der Waals surface area contributed by atoms with Crippen LogP contribution in [0.2, 0.25) is 0 Å². The third kappa shape index (κ3) is 3.08. The Morgan fingerprint density at radius 2 is 2.30 bits per heavy atom. The van der Waals surface area contributed by atoms with E-state index in [1.165, 1.54) is 6.07 Å². The fraction of sp³-hybridized carbons (Fsp3) is 0.571. The van der Waals surface area contributed by atoms with Gasteiger partial charge in [0, 0.05) is 26.3 Å². The number of hydrogen-bond donors (Lipinski definition) is 1. The first kappa shape index (κ1) is 14.7. The van der Waals surface area contributed by atoms with Gasteiger partial charge in [0.15, 0.2) is 0 Å². The minimum Gasteiger partial charge on any atom is -0.389 e. The number of anilines is 1. The van der Waals surface area contributed by atoms with E-state index in [1.54, 1.807) is 26.2 Å². The maximum atomic E-state index is 11.3. The zero-order valence-corrected chi connectivity index (χ0v) is 11.8. The number of methoxy groups -OCH3 is 1. The molecule has 0 saturated carbocycles. The third-order valence-electron chi connectivity index (χ3n) is 3.73. The monoisotopic (exact) mass is 280 g/mol. The number of nitrogens with zero attached hydrogens (tertiary/aromatic N) is 2. The number of aliphatic hydroxyl groups is 1. The van der Waals surface area contributed by atoms with Crippen molar-refractivity contribution in [2.45, 2.75) is 32.0 Å². The first-order valence-electron chi connectivity index (χ1n) is 6.77. The second kappa shape index (κ2) is 6.19. The van der Waals surface area contributed by atoms with Crippen LogP contribution in [0.15, 0.2) is 18.2 Å². The summed E-state index contributed by atoms with van der Waals surface area (Å²) in [7, 11) is 1.67. The highest BCUT2D eigenvalue weighted by Gasteiger charge is 2.26. The van der Waals surface area contributed by atoms with Gasteiger partial charge < -0.3 is 14.7 Å². The number of nitro groups is 1. The van der Waals surface area contributed by atoms with Crippen molar-refractivity contribution in [3.05, 3.63) is 33.9 Å². The van der Waals surface area contributed by atoms with Crippen molar-refractivity contribution in [2.24, 2.45) is 0 Å². The molecule has 2 atom stereocenters. The molecule has 0 amide bonds. The predicted octanol–water partition coefficient (Wildman–Crippen LogP) is 2.26. The van der Waals surface area contributed by atoms with E-state index in [4.69, 9.17) is 4.74 Å². The summed E-state index contributed by atoms with van der Waals surface area (Å²) in [6.45, 7) is 3.04. The molecular formula is C14H20N2O4. The lowest BCUT2D eigenvalue weighted by Gasteiger charge is -2.33. The number of aliphatic hydroxyl groups excluding tert-OH is 1. The van der Waals surface area contributed by atoms with Gasteiger partial charge in [0.1, 0.15) is 5.69 Å². The Labute approximate surface area is 118 Å². The van der Waals surface area contributed by atoms with Crippen LogP contribution in [0, 0.1) is 10.1 Å². The normalized spacial score (nSPS) is 20.8. The summed E-state index contributed by atoms with van der Waals surface area (Å²) < 4.78 is 5.35. The largest absolute Gasteiger partial charge is 0.389 e. The molecule has 1 aromatic rings. The number of hydrogen-bond acceptors (Lipinski definition) is 5. The Balaban J connectivity index is 2.32. The van der Waals surface area contributed by atoms with E-state index in [0.717, 1.165) is 19.4 Å². The van der Waals surface area contributed by atoms with E-state index in [1.807, 2.05) is 4.90 Å². The molecule has 6 heteroatoms. The Hall–Kier alpha value is -1.66. The molecule has 0 radical (unpaired) electrons. The SMILES string of the molecule is COC1CCCN(c2ccc([C@H](C)O)cc2[N+](=O)[O-])C1. The van der Waals surface area contributed by atoms with Crippen molar-refractivity contribution >= 4 is 11.4 Å². The summed E-state index contributed by atoms with van der Waals surface area (Å²) in [6, 6.07) is 4.91. The average Bonchev–Trinajstić information content (AvgIpc) is 2.46. The number of benzene rings is 1. The van der Waals surface area contributed by atoms with E-state index in [-0.39, 0.29) is 11.8 Å². The van der Waals surface area contributed by atoms with Crippen LogP contribution in [0.5, 0.6) is 0 Å². The molecule has 1 aliphatic heterocycles. The molecule has 0 aromatic heterocycles. The maximum absolute atomic E-state index is 11.3. The lowest BCUT2D eigenvalue weighted by molar-refractivity contribution is -0.384. The lowest BCUT2D eigenvalue weighted by atomic mass is 10.0. The summed E-state index contributed by atoms with van der Waals surface area (Å²) in [5.74, 6) is 0. The van der Waals surface area contributed by atoms with Crippen LogP contribution in [0.1, 0.15) is 31.4 Å². The molecule has 0 spiro atoms. The van der Waals surface area contributed by atoms with Gasteiger partial charge in [0.2, 0.25) is 0 Å². The smallest absolute Gasteiger partial charge is 0.292 e. The van der Waals surface area contributed by atoms with Gasteiger partial charge in [-0.05, 0) is 31.4 Å². The number of piperidine rings is 1. The fourth-order valence-electron chi connectivity index (χ4n) is 2.56.